The number of carbonyl (C=O) groups is 1. The van der Waals surface area contributed by atoms with E-state index >= 15 is 0 Å². The molecule has 0 aromatic heterocycles. The molecule has 0 saturated heterocycles. The number of anilines is 1. The molecule has 84 valence electrons. The fourth-order valence-electron chi connectivity index (χ4n) is 1.41. The first-order valence-electron chi connectivity index (χ1n) is 5.13. The fourth-order valence-corrected chi connectivity index (χ4v) is 1.52. The molecule has 1 aromatic rings. The fraction of sp³-hybridized carbons (Fsp3) is 0.273. The number of nitrogens with one attached hydrogen (secondary N) is 2. The summed E-state index contributed by atoms with van der Waals surface area (Å²) in [6.45, 7) is 0. The maximum atomic E-state index is 11.9. The quantitative estimate of drug-likeness (QED) is 0.689. The van der Waals surface area contributed by atoms with Crippen LogP contribution in [0.3, 0.4) is 0 Å². The third-order valence-corrected chi connectivity index (χ3v) is 2.44. The van der Waals surface area contributed by atoms with Gasteiger partial charge < -0.3 is 16.4 Å². The molecule has 0 unspecified atom stereocenters. The van der Waals surface area contributed by atoms with Gasteiger partial charge in [0.2, 0.25) is 0 Å². The highest BCUT2D eigenvalue weighted by Gasteiger charge is 2.24. The van der Waals surface area contributed by atoms with Gasteiger partial charge in [0.25, 0.3) is 5.91 Å². The van der Waals surface area contributed by atoms with Gasteiger partial charge in [-0.25, -0.2) is 0 Å². The minimum absolute atomic E-state index is 0.0816. The third kappa shape index (κ3) is 2.70. The molecule has 16 heavy (non-hydrogen) atoms. The Bertz CT molecular complexity index is 429. The van der Waals surface area contributed by atoms with E-state index in [1.54, 1.807) is 12.1 Å². The molecule has 0 atom stereocenters. The predicted molar refractivity (Wildman–Crippen MR) is 67.3 cm³/mol. The van der Waals surface area contributed by atoms with Crippen LogP contribution in [0.4, 0.5) is 5.69 Å². The van der Waals surface area contributed by atoms with E-state index in [9.17, 15) is 4.79 Å². The van der Waals surface area contributed by atoms with Crippen molar-refractivity contribution in [2.24, 2.45) is 5.73 Å². The molecule has 5 heteroatoms. The molecule has 1 aliphatic carbocycles. The van der Waals surface area contributed by atoms with Gasteiger partial charge in [-0.15, -0.1) is 0 Å². The molecule has 0 bridgehead atoms. The normalized spacial score (nSPS) is 14.2. The Morgan fingerprint density at radius 2 is 2.06 bits per heavy atom. The Balaban J connectivity index is 2.16. The summed E-state index contributed by atoms with van der Waals surface area (Å²) >= 11 is 4.76. The van der Waals surface area contributed by atoms with E-state index in [1.807, 2.05) is 12.1 Å². The van der Waals surface area contributed by atoms with Gasteiger partial charge in [0.05, 0.1) is 11.3 Å². The number of benzene rings is 1. The lowest BCUT2D eigenvalue weighted by Gasteiger charge is -2.10. The van der Waals surface area contributed by atoms with E-state index in [0.717, 1.165) is 12.8 Å². The van der Waals surface area contributed by atoms with Gasteiger partial charge in [0.15, 0.2) is 5.11 Å². The van der Waals surface area contributed by atoms with Gasteiger partial charge >= 0.3 is 0 Å². The number of nitrogens with two attached hydrogens (primary N) is 1. The molecular weight excluding hydrogens is 222 g/mol. The standard InChI is InChI=1S/C11H13N3OS/c12-11(16)14-9-4-2-1-3-8(9)10(15)13-7-5-6-7/h1-4,7H,5-6H2,(H,13,15)(H3,12,14,16). The number of rotatable bonds is 3. The van der Waals surface area contributed by atoms with Crippen molar-refractivity contribution in [3.05, 3.63) is 29.8 Å². The molecule has 1 amide bonds. The summed E-state index contributed by atoms with van der Waals surface area (Å²) in [5.74, 6) is -0.0816. The van der Waals surface area contributed by atoms with E-state index in [2.05, 4.69) is 10.6 Å². The van der Waals surface area contributed by atoms with E-state index in [-0.39, 0.29) is 11.0 Å². The van der Waals surface area contributed by atoms with Crippen molar-refractivity contribution in [2.45, 2.75) is 18.9 Å². The maximum Gasteiger partial charge on any atom is 0.253 e. The summed E-state index contributed by atoms with van der Waals surface area (Å²) in [7, 11) is 0. The van der Waals surface area contributed by atoms with Gasteiger partial charge in [-0.3, -0.25) is 4.79 Å². The van der Waals surface area contributed by atoms with Crippen molar-refractivity contribution in [3.63, 3.8) is 0 Å². The minimum Gasteiger partial charge on any atom is -0.376 e. The molecule has 4 N–H and O–H groups in total. The predicted octanol–water partition coefficient (Wildman–Crippen LogP) is 1.23. The second kappa shape index (κ2) is 4.49. The second-order valence-electron chi connectivity index (χ2n) is 3.78. The van der Waals surface area contributed by atoms with E-state index in [4.69, 9.17) is 18.0 Å². The first kappa shape index (κ1) is 10.9. The minimum atomic E-state index is -0.0816. The van der Waals surface area contributed by atoms with Crippen LogP contribution in [0, 0.1) is 0 Å². The smallest absolute Gasteiger partial charge is 0.253 e. The van der Waals surface area contributed by atoms with Gasteiger partial charge in [-0.1, -0.05) is 12.1 Å². The number of carbonyl (C=O) groups excluding carboxylic acids is 1. The highest BCUT2D eigenvalue weighted by Crippen LogP contribution is 2.21. The number of hydrogen-bond donors (Lipinski definition) is 3. The Hall–Kier alpha value is -1.62. The summed E-state index contributed by atoms with van der Waals surface area (Å²) in [5, 5.41) is 5.88. The Morgan fingerprint density at radius 3 is 2.69 bits per heavy atom. The van der Waals surface area contributed by atoms with Crippen molar-refractivity contribution in [1.29, 1.82) is 0 Å². The molecule has 1 fully saturated rings. The summed E-state index contributed by atoms with van der Waals surface area (Å²) < 4.78 is 0. The van der Waals surface area contributed by atoms with Crippen molar-refractivity contribution >= 4 is 28.9 Å². The van der Waals surface area contributed by atoms with Gasteiger partial charge in [-0.05, 0) is 37.2 Å². The van der Waals surface area contributed by atoms with Crippen molar-refractivity contribution in [3.8, 4) is 0 Å². The largest absolute Gasteiger partial charge is 0.376 e. The summed E-state index contributed by atoms with van der Waals surface area (Å²) in [4.78, 5) is 11.9. The molecule has 1 saturated carbocycles. The molecule has 1 aromatic carbocycles. The van der Waals surface area contributed by atoms with Gasteiger partial charge in [0.1, 0.15) is 0 Å². The van der Waals surface area contributed by atoms with Crippen LogP contribution in [-0.4, -0.2) is 17.1 Å². The molecule has 0 heterocycles. The highest BCUT2D eigenvalue weighted by atomic mass is 32.1. The molecule has 1 aliphatic rings. The average Bonchev–Trinajstić information content (AvgIpc) is 3.01. The van der Waals surface area contributed by atoms with E-state index in [1.165, 1.54) is 0 Å². The Morgan fingerprint density at radius 1 is 1.38 bits per heavy atom. The maximum absolute atomic E-state index is 11.9. The van der Waals surface area contributed by atoms with Crippen molar-refractivity contribution in [1.82, 2.24) is 5.32 Å². The molecule has 0 aliphatic heterocycles. The zero-order valence-electron chi connectivity index (χ0n) is 8.69. The van der Waals surface area contributed by atoms with Gasteiger partial charge in [0, 0.05) is 6.04 Å². The van der Waals surface area contributed by atoms with E-state index in [0.29, 0.717) is 17.3 Å². The van der Waals surface area contributed by atoms with Gasteiger partial charge in [-0.2, -0.15) is 0 Å². The zero-order chi connectivity index (χ0) is 11.5. The van der Waals surface area contributed by atoms with Crippen LogP contribution >= 0.6 is 12.2 Å². The highest BCUT2D eigenvalue weighted by molar-refractivity contribution is 7.80. The lowest BCUT2D eigenvalue weighted by atomic mass is 10.1. The van der Waals surface area contributed by atoms with Crippen LogP contribution in [0.5, 0.6) is 0 Å². The summed E-state index contributed by atoms with van der Waals surface area (Å²) in [5.41, 5.74) is 6.61. The average molecular weight is 235 g/mol. The lowest BCUT2D eigenvalue weighted by Crippen LogP contribution is -2.27. The van der Waals surface area contributed by atoms with Crippen molar-refractivity contribution in [2.75, 3.05) is 5.32 Å². The Labute approximate surface area is 99.2 Å². The first-order chi connectivity index (χ1) is 7.66. The lowest BCUT2D eigenvalue weighted by molar-refractivity contribution is 0.0952. The SMILES string of the molecule is NC(=S)Nc1ccccc1C(=O)NC1CC1. The van der Waals surface area contributed by atoms with Crippen LogP contribution in [0.15, 0.2) is 24.3 Å². The molecule has 2 rings (SSSR count). The zero-order valence-corrected chi connectivity index (χ0v) is 9.51. The molecule has 4 nitrogen and oxygen atoms in total. The molecular formula is C11H13N3OS. The van der Waals surface area contributed by atoms with Crippen LogP contribution in [0.25, 0.3) is 0 Å². The third-order valence-electron chi connectivity index (χ3n) is 2.34. The Kier molecular flexibility index (Phi) is 3.05. The molecule has 0 radical (unpaired) electrons. The van der Waals surface area contributed by atoms with Crippen LogP contribution in [0.1, 0.15) is 23.2 Å². The summed E-state index contributed by atoms with van der Waals surface area (Å²) in [6.07, 6.45) is 2.13. The van der Waals surface area contributed by atoms with E-state index < -0.39 is 0 Å². The number of hydrogen-bond acceptors (Lipinski definition) is 2. The number of amides is 1. The summed E-state index contributed by atoms with van der Waals surface area (Å²) in [6, 6.07) is 7.51. The monoisotopic (exact) mass is 235 g/mol. The molecule has 0 spiro atoms. The number of thiocarbonyl (C=S) groups is 1. The van der Waals surface area contributed by atoms with Crippen LogP contribution in [0.2, 0.25) is 0 Å². The van der Waals surface area contributed by atoms with Crippen LogP contribution < -0.4 is 16.4 Å². The van der Waals surface area contributed by atoms with Crippen LogP contribution in [-0.2, 0) is 0 Å². The van der Waals surface area contributed by atoms with Crippen molar-refractivity contribution < 1.29 is 4.79 Å². The number of para-hydroxylation sites is 1. The topological polar surface area (TPSA) is 67.1 Å². The second-order valence-corrected chi connectivity index (χ2v) is 4.22. The first-order valence-corrected chi connectivity index (χ1v) is 5.54.